The van der Waals surface area contributed by atoms with Crippen LogP contribution in [-0.4, -0.2) is 41.5 Å². The van der Waals surface area contributed by atoms with Crippen molar-refractivity contribution in [3.05, 3.63) is 23.9 Å². The van der Waals surface area contributed by atoms with Crippen molar-refractivity contribution in [3.8, 4) is 0 Å². The number of nitrogens with one attached hydrogen (secondary N) is 1. The van der Waals surface area contributed by atoms with Gasteiger partial charge in [-0.25, -0.2) is 4.98 Å². The number of hydrogen-bond acceptors (Lipinski definition) is 4. The van der Waals surface area contributed by atoms with Gasteiger partial charge in [0.1, 0.15) is 5.82 Å². The van der Waals surface area contributed by atoms with Crippen molar-refractivity contribution in [1.29, 1.82) is 0 Å². The van der Waals surface area contributed by atoms with E-state index in [9.17, 15) is 0 Å². The van der Waals surface area contributed by atoms with E-state index in [1.54, 1.807) is 0 Å². The van der Waals surface area contributed by atoms with Gasteiger partial charge in [-0.05, 0) is 24.8 Å². The second-order valence-electron chi connectivity index (χ2n) is 4.00. The molecular formula is C12H19N3S. The summed E-state index contributed by atoms with van der Waals surface area (Å²) in [5, 5.41) is 3.16. The van der Waals surface area contributed by atoms with E-state index in [2.05, 4.69) is 33.0 Å². The Morgan fingerprint density at radius 2 is 2.38 bits per heavy atom. The van der Waals surface area contributed by atoms with Gasteiger partial charge in [0.05, 0.1) is 0 Å². The molecule has 1 saturated heterocycles. The number of pyridine rings is 1. The highest BCUT2D eigenvalue weighted by Crippen LogP contribution is 2.16. The SMILES string of the molecule is CNc1ncccc1CN1CCCSCC1. The second kappa shape index (κ2) is 6.11. The molecule has 0 spiro atoms. The van der Waals surface area contributed by atoms with Crippen LogP contribution in [0.1, 0.15) is 12.0 Å². The Kier molecular flexibility index (Phi) is 4.48. The molecule has 0 aliphatic carbocycles. The van der Waals surface area contributed by atoms with Crippen LogP contribution in [0.4, 0.5) is 5.82 Å². The van der Waals surface area contributed by atoms with E-state index in [4.69, 9.17) is 0 Å². The largest absolute Gasteiger partial charge is 0.373 e. The van der Waals surface area contributed by atoms with Gasteiger partial charge in [0.25, 0.3) is 0 Å². The predicted octanol–water partition coefficient (Wildman–Crippen LogP) is 2.06. The molecule has 2 rings (SSSR count). The molecule has 16 heavy (non-hydrogen) atoms. The minimum Gasteiger partial charge on any atom is -0.373 e. The first-order valence-electron chi connectivity index (χ1n) is 5.82. The number of nitrogens with zero attached hydrogens (tertiary/aromatic N) is 2. The maximum atomic E-state index is 4.34. The monoisotopic (exact) mass is 237 g/mol. The van der Waals surface area contributed by atoms with Crippen LogP contribution in [0.3, 0.4) is 0 Å². The molecule has 1 aliphatic rings. The number of aromatic nitrogens is 1. The minimum atomic E-state index is 1.01. The first-order valence-corrected chi connectivity index (χ1v) is 6.97. The van der Waals surface area contributed by atoms with Crippen molar-refractivity contribution < 1.29 is 0 Å². The summed E-state index contributed by atoms with van der Waals surface area (Å²) in [5.41, 5.74) is 1.30. The lowest BCUT2D eigenvalue weighted by molar-refractivity contribution is 0.288. The van der Waals surface area contributed by atoms with Gasteiger partial charge >= 0.3 is 0 Å². The summed E-state index contributed by atoms with van der Waals surface area (Å²) in [5.74, 6) is 3.58. The fourth-order valence-electron chi connectivity index (χ4n) is 1.99. The Morgan fingerprint density at radius 1 is 1.44 bits per heavy atom. The highest BCUT2D eigenvalue weighted by atomic mass is 32.2. The van der Waals surface area contributed by atoms with Gasteiger partial charge < -0.3 is 5.32 Å². The maximum absolute atomic E-state index is 4.34. The molecule has 0 aromatic carbocycles. The molecular weight excluding hydrogens is 218 g/mol. The van der Waals surface area contributed by atoms with Crippen molar-refractivity contribution >= 4 is 17.6 Å². The van der Waals surface area contributed by atoms with Crippen molar-refractivity contribution in [2.45, 2.75) is 13.0 Å². The fraction of sp³-hybridized carbons (Fsp3) is 0.583. The Hall–Kier alpha value is -0.740. The van der Waals surface area contributed by atoms with Crippen molar-refractivity contribution in [2.75, 3.05) is 37.0 Å². The van der Waals surface area contributed by atoms with E-state index >= 15 is 0 Å². The first kappa shape index (κ1) is 11.7. The molecule has 0 bridgehead atoms. The molecule has 0 saturated carbocycles. The van der Waals surface area contributed by atoms with E-state index in [0.717, 1.165) is 12.4 Å². The third-order valence-electron chi connectivity index (χ3n) is 2.84. The third-order valence-corrected chi connectivity index (χ3v) is 3.89. The molecule has 0 unspecified atom stereocenters. The van der Waals surface area contributed by atoms with E-state index in [1.165, 1.54) is 36.6 Å². The molecule has 1 aromatic rings. The van der Waals surface area contributed by atoms with Crippen LogP contribution < -0.4 is 5.32 Å². The van der Waals surface area contributed by atoms with Crippen LogP contribution in [0.5, 0.6) is 0 Å². The molecule has 1 aliphatic heterocycles. The second-order valence-corrected chi connectivity index (χ2v) is 5.23. The van der Waals surface area contributed by atoms with Gasteiger partial charge in [-0.3, -0.25) is 4.90 Å². The number of hydrogen-bond donors (Lipinski definition) is 1. The minimum absolute atomic E-state index is 1.01. The van der Waals surface area contributed by atoms with Crippen LogP contribution in [0.2, 0.25) is 0 Å². The van der Waals surface area contributed by atoms with E-state index < -0.39 is 0 Å². The van der Waals surface area contributed by atoms with Crippen molar-refractivity contribution in [2.24, 2.45) is 0 Å². The number of thioether (sulfide) groups is 1. The molecule has 0 atom stereocenters. The summed E-state index contributed by atoms with van der Waals surface area (Å²) in [6.45, 7) is 3.43. The summed E-state index contributed by atoms with van der Waals surface area (Å²) in [6.07, 6.45) is 3.15. The Bertz CT molecular complexity index is 322. The zero-order valence-electron chi connectivity index (χ0n) is 9.78. The Labute approximate surface area is 102 Å². The average Bonchev–Trinajstić information content (AvgIpc) is 2.58. The normalized spacial score (nSPS) is 18.1. The maximum Gasteiger partial charge on any atom is 0.130 e. The smallest absolute Gasteiger partial charge is 0.130 e. The van der Waals surface area contributed by atoms with Gasteiger partial charge in [0.2, 0.25) is 0 Å². The van der Waals surface area contributed by atoms with E-state index in [0.29, 0.717) is 0 Å². The van der Waals surface area contributed by atoms with Crippen molar-refractivity contribution in [3.63, 3.8) is 0 Å². The lowest BCUT2D eigenvalue weighted by Crippen LogP contribution is -2.25. The molecule has 88 valence electrons. The lowest BCUT2D eigenvalue weighted by atomic mass is 10.2. The summed E-state index contributed by atoms with van der Waals surface area (Å²) >= 11 is 2.07. The quantitative estimate of drug-likeness (QED) is 0.871. The third kappa shape index (κ3) is 3.12. The topological polar surface area (TPSA) is 28.2 Å². The first-order chi connectivity index (χ1) is 7.90. The zero-order valence-corrected chi connectivity index (χ0v) is 10.6. The van der Waals surface area contributed by atoms with Gasteiger partial charge in [0, 0.05) is 37.7 Å². The molecule has 1 aromatic heterocycles. The summed E-state index contributed by atoms with van der Waals surface area (Å²) in [6, 6.07) is 4.18. The predicted molar refractivity (Wildman–Crippen MR) is 71.0 cm³/mol. The molecule has 2 heterocycles. The van der Waals surface area contributed by atoms with Crippen molar-refractivity contribution in [1.82, 2.24) is 9.88 Å². The zero-order chi connectivity index (χ0) is 11.2. The van der Waals surface area contributed by atoms with Crippen LogP contribution in [0.25, 0.3) is 0 Å². The molecule has 0 radical (unpaired) electrons. The molecule has 4 heteroatoms. The highest BCUT2D eigenvalue weighted by molar-refractivity contribution is 7.99. The van der Waals surface area contributed by atoms with E-state index in [1.807, 2.05) is 19.3 Å². The van der Waals surface area contributed by atoms with E-state index in [-0.39, 0.29) is 0 Å². The van der Waals surface area contributed by atoms with Gasteiger partial charge in [-0.1, -0.05) is 6.07 Å². The molecule has 1 N–H and O–H groups in total. The highest BCUT2D eigenvalue weighted by Gasteiger charge is 2.11. The molecule has 0 amide bonds. The standard InChI is InChI=1S/C12H19N3S/c1-13-12-11(4-2-5-14-12)10-15-6-3-8-16-9-7-15/h2,4-5H,3,6-10H2,1H3,(H,13,14). The summed E-state index contributed by atoms with van der Waals surface area (Å²) in [7, 11) is 1.93. The molecule has 1 fully saturated rings. The Morgan fingerprint density at radius 3 is 3.25 bits per heavy atom. The lowest BCUT2D eigenvalue weighted by Gasteiger charge is -2.20. The average molecular weight is 237 g/mol. The van der Waals surface area contributed by atoms with Crippen LogP contribution in [-0.2, 0) is 6.54 Å². The van der Waals surface area contributed by atoms with Gasteiger partial charge in [-0.2, -0.15) is 11.8 Å². The van der Waals surface area contributed by atoms with Crippen LogP contribution >= 0.6 is 11.8 Å². The molecule has 3 nitrogen and oxygen atoms in total. The summed E-state index contributed by atoms with van der Waals surface area (Å²) in [4.78, 5) is 6.87. The Balaban J connectivity index is 2.01. The van der Waals surface area contributed by atoms with Gasteiger partial charge in [-0.15, -0.1) is 0 Å². The van der Waals surface area contributed by atoms with Crippen LogP contribution in [0, 0.1) is 0 Å². The summed E-state index contributed by atoms with van der Waals surface area (Å²) < 4.78 is 0. The fourth-order valence-corrected chi connectivity index (χ4v) is 2.91. The van der Waals surface area contributed by atoms with Crippen LogP contribution in [0.15, 0.2) is 18.3 Å². The van der Waals surface area contributed by atoms with Gasteiger partial charge in [0.15, 0.2) is 0 Å². The number of anilines is 1. The number of rotatable bonds is 3.